The molecule has 0 saturated carbocycles. The molecule has 1 amide bonds. The van der Waals surface area contributed by atoms with Crippen molar-refractivity contribution in [3.8, 4) is 0 Å². The van der Waals surface area contributed by atoms with Crippen LogP contribution in [-0.4, -0.2) is 69.4 Å². The highest BCUT2D eigenvalue weighted by molar-refractivity contribution is 7.45. The van der Waals surface area contributed by atoms with Crippen LogP contribution in [0.5, 0.6) is 0 Å². The predicted octanol–water partition coefficient (Wildman–Crippen LogP) is 19.9. The van der Waals surface area contributed by atoms with E-state index in [9.17, 15) is 19.0 Å². The molecule has 0 aromatic rings. The van der Waals surface area contributed by atoms with E-state index in [4.69, 9.17) is 13.8 Å². The molecule has 0 aromatic heterocycles. The summed E-state index contributed by atoms with van der Waals surface area (Å²) in [7, 11) is 1.20. The number of amides is 1. The number of unbranched alkanes of at least 4 members (excludes halogenated alkanes) is 43. The number of nitrogens with zero attached hydrogens (tertiary/aromatic N) is 1. The second-order valence-corrected chi connectivity index (χ2v) is 25.4. The molecule has 450 valence electrons. The van der Waals surface area contributed by atoms with Crippen molar-refractivity contribution >= 4 is 19.7 Å². The molecule has 0 saturated heterocycles. The van der Waals surface area contributed by atoms with Crippen LogP contribution in [0.1, 0.15) is 335 Å². The Kier molecular flexibility index (Phi) is 55.6. The van der Waals surface area contributed by atoms with E-state index >= 15 is 0 Å². The molecule has 10 heteroatoms. The molecule has 0 bridgehead atoms. The minimum absolute atomic E-state index is 0.0181. The number of carbonyl (C=O) groups is 2. The van der Waals surface area contributed by atoms with Gasteiger partial charge in [0.05, 0.1) is 33.8 Å². The Balaban J connectivity index is 5.00. The van der Waals surface area contributed by atoms with Gasteiger partial charge in [0.15, 0.2) is 0 Å². The highest BCUT2D eigenvalue weighted by atomic mass is 31.2. The zero-order valence-corrected chi connectivity index (χ0v) is 52.4. The van der Waals surface area contributed by atoms with Crippen molar-refractivity contribution in [3.63, 3.8) is 0 Å². The van der Waals surface area contributed by atoms with Crippen molar-refractivity contribution in [2.75, 3.05) is 40.9 Å². The van der Waals surface area contributed by atoms with Gasteiger partial charge in [0, 0.05) is 12.8 Å². The van der Waals surface area contributed by atoms with Crippen molar-refractivity contribution in [2.45, 2.75) is 348 Å². The maximum absolute atomic E-state index is 13.5. The molecule has 3 unspecified atom stereocenters. The van der Waals surface area contributed by atoms with E-state index in [1.54, 1.807) is 0 Å². The fourth-order valence-corrected chi connectivity index (χ4v) is 10.7. The maximum Gasteiger partial charge on any atom is 0.306 e. The third-order valence-electron chi connectivity index (χ3n) is 15.1. The van der Waals surface area contributed by atoms with E-state index in [0.717, 1.165) is 57.8 Å². The second kappa shape index (κ2) is 56.8. The summed E-state index contributed by atoms with van der Waals surface area (Å²) in [5.74, 6) is -0.522. The number of ether oxygens (including phenoxy) is 1. The Morgan fingerprint density at radius 2 is 0.763 bits per heavy atom. The number of phosphoric acid groups is 1. The first kappa shape index (κ1) is 74.5. The van der Waals surface area contributed by atoms with Crippen LogP contribution in [0.2, 0.25) is 0 Å². The molecular weight excluding hydrogens is 964 g/mol. The van der Waals surface area contributed by atoms with E-state index in [1.807, 2.05) is 33.3 Å². The summed E-state index contributed by atoms with van der Waals surface area (Å²) >= 11 is 0. The van der Waals surface area contributed by atoms with Gasteiger partial charge in [-0.05, 0) is 57.4 Å². The van der Waals surface area contributed by atoms with Crippen LogP contribution >= 0.6 is 7.82 Å². The quantitative estimate of drug-likeness (QED) is 0.0212. The van der Waals surface area contributed by atoms with Crippen LogP contribution in [0.15, 0.2) is 24.3 Å². The summed E-state index contributed by atoms with van der Waals surface area (Å²) in [6.07, 6.45) is 67.3. The van der Waals surface area contributed by atoms with E-state index in [1.165, 1.54) is 244 Å². The van der Waals surface area contributed by atoms with Gasteiger partial charge in [0.25, 0.3) is 7.82 Å². The van der Waals surface area contributed by atoms with Gasteiger partial charge >= 0.3 is 5.97 Å². The van der Waals surface area contributed by atoms with Gasteiger partial charge in [-0.25, -0.2) is 0 Å². The van der Waals surface area contributed by atoms with Crippen LogP contribution in [-0.2, 0) is 27.9 Å². The Morgan fingerprint density at radius 3 is 1.12 bits per heavy atom. The summed E-state index contributed by atoms with van der Waals surface area (Å²) in [6.45, 7) is 6.88. The zero-order valence-electron chi connectivity index (χ0n) is 51.5. The molecule has 0 aliphatic carbocycles. The number of hydrogen-bond donors (Lipinski definition) is 1. The smallest absolute Gasteiger partial charge is 0.306 e. The summed E-state index contributed by atoms with van der Waals surface area (Å²) in [6, 6.07) is -0.881. The monoisotopic (exact) mass is 1090 g/mol. The normalized spacial score (nSPS) is 13.7. The van der Waals surface area contributed by atoms with E-state index in [2.05, 4.69) is 38.2 Å². The fraction of sp³-hybridized carbons (Fsp3) is 0.909. The first-order valence-electron chi connectivity index (χ1n) is 33.1. The lowest BCUT2D eigenvalue weighted by Crippen LogP contribution is -2.47. The topological polar surface area (TPSA) is 114 Å². The van der Waals surface area contributed by atoms with Crippen molar-refractivity contribution in [1.82, 2.24) is 5.32 Å². The molecule has 0 aliphatic rings. The number of carbonyl (C=O) groups excluding carboxylic acids is 2. The number of nitrogens with one attached hydrogen (secondary N) is 1. The summed E-state index contributed by atoms with van der Waals surface area (Å²) in [4.78, 5) is 40.0. The Morgan fingerprint density at radius 1 is 0.447 bits per heavy atom. The van der Waals surface area contributed by atoms with Gasteiger partial charge in [-0.1, -0.05) is 289 Å². The van der Waals surface area contributed by atoms with Gasteiger partial charge in [-0.15, -0.1) is 0 Å². The van der Waals surface area contributed by atoms with Crippen molar-refractivity contribution in [1.29, 1.82) is 0 Å². The molecule has 3 atom stereocenters. The average Bonchev–Trinajstić information content (AvgIpc) is 3.38. The van der Waals surface area contributed by atoms with Crippen LogP contribution in [0.3, 0.4) is 0 Å². The molecule has 1 N–H and O–H groups in total. The molecule has 0 fully saturated rings. The molecule has 76 heavy (non-hydrogen) atoms. The minimum atomic E-state index is -4.69. The van der Waals surface area contributed by atoms with Gasteiger partial charge in [0.2, 0.25) is 5.91 Å². The number of allylic oxidation sites excluding steroid dienone is 3. The molecule has 0 aromatic carbocycles. The molecule has 9 nitrogen and oxygen atoms in total. The van der Waals surface area contributed by atoms with Gasteiger partial charge in [-0.2, -0.15) is 0 Å². The lowest BCUT2D eigenvalue weighted by atomic mass is 10.0. The van der Waals surface area contributed by atoms with Crippen molar-refractivity contribution < 1.29 is 37.3 Å². The molecule has 0 rings (SSSR count). The van der Waals surface area contributed by atoms with Crippen LogP contribution in [0.4, 0.5) is 0 Å². The minimum Gasteiger partial charge on any atom is -0.756 e. The van der Waals surface area contributed by atoms with E-state index in [0.29, 0.717) is 17.4 Å². The summed E-state index contributed by atoms with van der Waals surface area (Å²) in [5.41, 5.74) is 0. The lowest BCUT2D eigenvalue weighted by molar-refractivity contribution is -0.870. The molecule has 0 heterocycles. The Hall–Kier alpha value is -1.51. The van der Waals surface area contributed by atoms with E-state index < -0.39 is 20.0 Å². The summed E-state index contributed by atoms with van der Waals surface area (Å²) in [5, 5.41) is 3.04. The molecular formula is C66H129N2O7P. The first-order chi connectivity index (χ1) is 36.9. The number of rotatable bonds is 61. The maximum atomic E-state index is 13.5. The lowest BCUT2D eigenvalue weighted by Gasteiger charge is -2.30. The first-order valence-corrected chi connectivity index (χ1v) is 34.6. The van der Waals surface area contributed by atoms with Crippen molar-refractivity contribution in [3.05, 3.63) is 24.3 Å². The number of likely N-dealkylation sites (N-methyl/N-ethyl adjacent to an activating group) is 1. The largest absolute Gasteiger partial charge is 0.756 e. The number of hydrogen-bond acceptors (Lipinski definition) is 7. The molecule has 0 aliphatic heterocycles. The highest BCUT2D eigenvalue weighted by Gasteiger charge is 2.27. The number of esters is 1. The summed E-state index contributed by atoms with van der Waals surface area (Å²) < 4.78 is 30.3. The standard InChI is InChI=1S/C66H129N2O7P/c1-7-10-13-16-19-22-25-27-29-30-31-32-33-34-35-36-37-38-39-41-44-47-50-53-56-59-66(70)75-64(57-54-51-48-45-42-24-21-18-15-12-9-3)63(62-74-76(71,72)73-61-60-68(4,5)6)67-65(69)58-55-52-49-46-43-40-28-26-23-20-17-14-11-8-2/h27,29,54,57,63-64H,7-26,28,30-53,55-56,58-62H2,1-6H3,(H-,67,69,71,72)/b29-27+,57-54-. The van der Waals surface area contributed by atoms with Crippen molar-refractivity contribution in [2.24, 2.45) is 0 Å². The second-order valence-electron chi connectivity index (χ2n) is 24.0. The highest BCUT2D eigenvalue weighted by Crippen LogP contribution is 2.38. The predicted molar refractivity (Wildman–Crippen MR) is 326 cm³/mol. The average molecular weight is 1090 g/mol. The number of phosphoric ester groups is 1. The molecule has 0 radical (unpaired) electrons. The zero-order chi connectivity index (χ0) is 55.7. The van der Waals surface area contributed by atoms with Crippen LogP contribution in [0.25, 0.3) is 0 Å². The van der Waals surface area contributed by atoms with Gasteiger partial charge in [0.1, 0.15) is 19.3 Å². The third-order valence-corrected chi connectivity index (χ3v) is 16.1. The van der Waals surface area contributed by atoms with E-state index in [-0.39, 0.29) is 31.5 Å². The van der Waals surface area contributed by atoms with Gasteiger partial charge < -0.3 is 28.5 Å². The van der Waals surface area contributed by atoms with Crippen LogP contribution < -0.4 is 10.2 Å². The van der Waals surface area contributed by atoms with Crippen LogP contribution in [0, 0.1) is 0 Å². The number of quaternary nitrogens is 1. The fourth-order valence-electron chi connectivity index (χ4n) is 9.99. The van der Waals surface area contributed by atoms with Gasteiger partial charge in [-0.3, -0.25) is 14.2 Å². The SMILES string of the molecule is CCCCCCCC/C=C/CCCCCCCCCCCCCCCCCC(=O)OC(/C=C\CCCCCCCCCCC)C(COP(=O)([O-])OCC[N+](C)(C)C)NC(=O)CCCCCCCCCCCCCCCC. The molecule has 0 spiro atoms. The Bertz CT molecular complexity index is 1350. The third kappa shape index (κ3) is 57.2. The Labute approximate surface area is 473 Å².